The van der Waals surface area contributed by atoms with Gasteiger partial charge in [0.05, 0.1) is 18.8 Å². The number of ether oxygens (including phenoxy) is 1. The average molecular weight is 287 g/mol. The summed E-state index contributed by atoms with van der Waals surface area (Å²) < 4.78 is 5.79. The van der Waals surface area contributed by atoms with Crippen LogP contribution in [0.25, 0.3) is 0 Å². The maximum Gasteiger partial charge on any atom is 0.0897 e. The van der Waals surface area contributed by atoms with Crippen molar-refractivity contribution in [3.63, 3.8) is 0 Å². The van der Waals surface area contributed by atoms with E-state index < -0.39 is 6.10 Å². The van der Waals surface area contributed by atoms with Gasteiger partial charge >= 0.3 is 0 Å². The fourth-order valence-electron chi connectivity index (χ4n) is 2.79. The van der Waals surface area contributed by atoms with E-state index in [0.29, 0.717) is 25.2 Å². The van der Waals surface area contributed by atoms with Crippen molar-refractivity contribution in [1.82, 2.24) is 5.32 Å². The highest BCUT2D eigenvalue weighted by atomic mass is 16.5. The summed E-state index contributed by atoms with van der Waals surface area (Å²) in [6.45, 7) is 6.53. The predicted octanol–water partition coefficient (Wildman–Crippen LogP) is 1.94. The van der Waals surface area contributed by atoms with Gasteiger partial charge in [-0.15, -0.1) is 0 Å². The van der Waals surface area contributed by atoms with Gasteiger partial charge in [-0.05, 0) is 50.5 Å². The summed E-state index contributed by atoms with van der Waals surface area (Å²) in [5, 5.41) is 22.1. The van der Waals surface area contributed by atoms with Gasteiger partial charge < -0.3 is 20.3 Å². The Kier molecular flexibility index (Phi) is 9.44. The summed E-state index contributed by atoms with van der Waals surface area (Å²) in [6.07, 6.45) is 6.57. The third kappa shape index (κ3) is 7.58. The molecule has 0 bridgehead atoms. The van der Waals surface area contributed by atoms with Crippen molar-refractivity contribution in [2.45, 2.75) is 64.6 Å². The van der Waals surface area contributed by atoms with Crippen molar-refractivity contribution in [2.24, 2.45) is 11.8 Å². The molecule has 4 heteroatoms. The molecule has 1 fully saturated rings. The zero-order valence-electron chi connectivity index (χ0n) is 13.2. The van der Waals surface area contributed by atoms with E-state index in [0.717, 1.165) is 38.1 Å². The Morgan fingerprint density at radius 1 is 1.20 bits per heavy atom. The SMILES string of the molecule is CCC(CCO)CNCC(O)COC1CCC(C)CC1. The van der Waals surface area contributed by atoms with Gasteiger partial charge in [0.2, 0.25) is 0 Å². The van der Waals surface area contributed by atoms with Gasteiger partial charge in [0.1, 0.15) is 0 Å². The third-order valence-electron chi connectivity index (χ3n) is 4.41. The summed E-state index contributed by atoms with van der Waals surface area (Å²) in [5.74, 6) is 1.33. The lowest BCUT2D eigenvalue weighted by Crippen LogP contribution is -2.35. The van der Waals surface area contributed by atoms with Gasteiger partial charge in [-0.25, -0.2) is 0 Å². The van der Waals surface area contributed by atoms with Crippen LogP contribution in [0.15, 0.2) is 0 Å². The molecule has 1 saturated carbocycles. The van der Waals surface area contributed by atoms with Crippen LogP contribution >= 0.6 is 0 Å². The van der Waals surface area contributed by atoms with E-state index >= 15 is 0 Å². The van der Waals surface area contributed by atoms with Gasteiger partial charge in [0, 0.05) is 13.2 Å². The lowest BCUT2D eigenvalue weighted by Gasteiger charge is -2.27. The molecule has 0 aromatic carbocycles. The minimum Gasteiger partial charge on any atom is -0.396 e. The number of hydrogen-bond acceptors (Lipinski definition) is 4. The quantitative estimate of drug-likeness (QED) is 0.575. The van der Waals surface area contributed by atoms with E-state index in [9.17, 15) is 5.11 Å². The molecule has 2 unspecified atom stereocenters. The van der Waals surface area contributed by atoms with E-state index in [2.05, 4.69) is 19.2 Å². The van der Waals surface area contributed by atoms with E-state index in [1.807, 2.05) is 0 Å². The number of nitrogens with one attached hydrogen (secondary N) is 1. The van der Waals surface area contributed by atoms with Crippen molar-refractivity contribution in [3.05, 3.63) is 0 Å². The molecular formula is C16H33NO3. The molecule has 0 heterocycles. The van der Waals surface area contributed by atoms with Crippen LogP contribution in [0, 0.1) is 11.8 Å². The molecule has 120 valence electrons. The molecule has 4 nitrogen and oxygen atoms in total. The van der Waals surface area contributed by atoms with Crippen LogP contribution in [0.5, 0.6) is 0 Å². The molecule has 3 N–H and O–H groups in total. The Hall–Kier alpha value is -0.160. The maximum atomic E-state index is 9.91. The van der Waals surface area contributed by atoms with E-state index in [-0.39, 0.29) is 6.61 Å². The highest BCUT2D eigenvalue weighted by molar-refractivity contribution is 4.71. The fraction of sp³-hybridized carbons (Fsp3) is 1.00. The second-order valence-electron chi connectivity index (χ2n) is 6.31. The Morgan fingerprint density at radius 3 is 2.50 bits per heavy atom. The smallest absolute Gasteiger partial charge is 0.0897 e. The molecule has 0 aliphatic heterocycles. The van der Waals surface area contributed by atoms with E-state index in [4.69, 9.17) is 9.84 Å². The van der Waals surface area contributed by atoms with E-state index in [1.165, 1.54) is 12.8 Å². The predicted molar refractivity (Wildman–Crippen MR) is 81.7 cm³/mol. The summed E-state index contributed by atoms with van der Waals surface area (Å²) in [7, 11) is 0. The third-order valence-corrected chi connectivity index (χ3v) is 4.41. The number of aliphatic hydroxyl groups excluding tert-OH is 2. The largest absolute Gasteiger partial charge is 0.396 e. The Balaban J connectivity index is 2.03. The molecule has 0 aromatic heterocycles. The molecule has 1 aliphatic rings. The average Bonchev–Trinajstić information content (AvgIpc) is 2.45. The Bertz CT molecular complexity index is 230. The normalized spacial score (nSPS) is 26.4. The lowest BCUT2D eigenvalue weighted by molar-refractivity contribution is -0.0279. The number of rotatable bonds is 10. The highest BCUT2D eigenvalue weighted by Crippen LogP contribution is 2.25. The summed E-state index contributed by atoms with van der Waals surface area (Å²) in [4.78, 5) is 0. The standard InChI is InChI=1S/C16H33NO3/c1-3-14(8-9-18)10-17-11-15(19)12-20-16-6-4-13(2)5-7-16/h13-19H,3-12H2,1-2H3. The first-order chi connectivity index (χ1) is 9.65. The molecule has 2 atom stereocenters. The van der Waals surface area contributed by atoms with Gasteiger partial charge in [-0.3, -0.25) is 0 Å². The molecule has 0 aromatic rings. The number of aliphatic hydroxyl groups is 2. The summed E-state index contributed by atoms with van der Waals surface area (Å²) >= 11 is 0. The summed E-state index contributed by atoms with van der Waals surface area (Å²) in [5.41, 5.74) is 0. The molecule has 0 radical (unpaired) electrons. The topological polar surface area (TPSA) is 61.7 Å². The lowest BCUT2D eigenvalue weighted by atomic mass is 9.89. The zero-order valence-corrected chi connectivity index (χ0v) is 13.2. The first-order valence-corrected chi connectivity index (χ1v) is 8.26. The van der Waals surface area contributed by atoms with Crippen LogP contribution in [0.2, 0.25) is 0 Å². The minimum absolute atomic E-state index is 0.242. The maximum absolute atomic E-state index is 9.91. The van der Waals surface area contributed by atoms with Crippen LogP contribution < -0.4 is 5.32 Å². The van der Waals surface area contributed by atoms with E-state index in [1.54, 1.807) is 0 Å². The molecule has 20 heavy (non-hydrogen) atoms. The van der Waals surface area contributed by atoms with Crippen LogP contribution in [-0.2, 0) is 4.74 Å². The minimum atomic E-state index is -0.430. The van der Waals surface area contributed by atoms with Crippen LogP contribution in [0.4, 0.5) is 0 Å². The molecular weight excluding hydrogens is 254 g/mol. The molecule has 1 rings (SSSR count). The second kappa shape index (κ2) is 10.6. The Morgan fingerprint density at radius 2 is 1.90 bits per heavy atom. The van der Waals surface area contributed by atoms with Crippen molar-refractivity contribution in [1.29, 1.82) is 0 Å². The van der Waals surface area contributed by atoms with Crippen LogP contribution in [0.3, 0.4) is 0 Å². The molecule has 0 saturated heterocycles. The van der Waals surface area contributed by atoms with Crippen molar-refractivity contribution in [3.8, 4) is 0 Å². The molecule has 0 amide bonds. The van der Waals surface area contributed by atoms with Gasteiger partial charge in [0.15, 0.2) is 0 Å². The monoisotopic (exact) mass is 287 g/mol. The first kappa shape index (κ1) is 17.9. The van der Waals surface area contributed by atoms with Crippen molar-refractivity contribution in [2.75, 3.05) is 26.3 Å². The van der Waals surface area contributed by atoms with Crippen molar-refractivity contribution < 1.29 is 14.9 Å². The molecule has 0 spiro atoms. The van der Waals surface area contributed by atoms with Gasteiger partial charge in [-0.2, -0.15) is 0 Å². The zero-order chi connectivity index (χ0) is 14.8. The van der Waals surface area contributed by atoms with Gasteiger partial charge in [-0.1, -0.05) is 20.3 Å². The van der Waals surface area contributed by atoms with Crippen LogP contribution in [-0.4, -0.2) is 48.7 Å². The number of hydrogen-bond donors (Lipinski definition) is 3. The van der Waals surface area contributed by atoms with Gasteiger partial charge in [0.25, 0.3) is 0 Å². The summed E-state index contributed by atoms with van der Waals surface area (Å²) in [6, 6.07) is 0. The highest BCUT2D eigenvalue weighted by Gasteiger charge is 2.19. The first-order valence-electron chi connectivity index (χ1n) is 8.26. The van der Waals surface area contributed by atoms with Crippen molar-refractivity contribution >= 4 is 0 Å². The second-order valence-corrected chi connectivity index (χ2v) is 6.31. The Labute approximate surface area is 123 Å². The van der Waals surface area contributed by atoms with Crippen LogP contribution in [0.1, 0.15) is 52.4 Å². The fourth-order valence-corrected chi connectivity index (χ4v) is 2.79. The molecule has 1 aliphatic carbocycles.